The first-order chi connectivity index (χ1) is 12.7. The number of fused-ring (bicyclic) bond motifs is 3. The summed E-state index contributed by atoms with van der Waals surface area (Å²) < 4.78 is 8.06. The number of nitrogens with one attached hydrogen (secondary N) is 1. The Kier molecular flexibility index (Phi) is 3.49. The second-order valence-corrected chi connectivity index (χ2v) is 7.56. The van der Waals surface area contributed by atoms with Crippen molar-refractivity contribution in [3.8, 4) is 0 Å². The molecule has 26 heavy (non-hydrogen) atoms. The van der Waals surface area contributed by atoms with Crippen LogP contribution in [0.1, 0.15) is 49.6 Å². The number of ether oxygens (including phenoxy) is 1. The van der Waals surface area contributed by atoms with E-state index in [0.717, 1.165) is 56.0 Å². The molecule has 2 aliphatic heterocycles. The van der Waals surface area contributed by atoms with Crippen LogP contribution in [0.15, 0.2) is 18.6 Å². The van der Waals surface area contributed by atoms with Gasteiger partial charge in [0.2, 0.25) is 5.65 Å². The normalized spacial score (nSPS) is 19.4. The van der Waals surface area contributed by atoms with Crippen LogP contribution in [-0.2, 0) is 16.8 Å². The summed E-state index contributed by atoms with van der Waals surface area (Å²) in [6.45, 7) is 6.89. The Bertz CT molecular complexity index is 936. The number of nitrogens with zero attached hydrogens (tertiary/aromatic N) is 6. The van der Waals surface area contributed by atoms with Gasteiger partial charge >= 0.3 is 0 Å². The molecule has 8 heteroatoms. The minimum Gasteiger partial charge on any atom is -0.368 e. The fourth-order valence-electron chi connectivity index (χ4n) is 4.17. The summed E-state index contributed by atoms with van der Waals surface area (Å²) in [5, 5.41) is 20.4. The zero-order chi connectivity index (χ0) is 17.7. The smallest absolute Gasteiger partial charge is 0.200 e. The maximum Gasteiger partial charge on any atom is 0.200 e. The first-order valence-corrected chi connectivity index (χ1v) is 9.29. The van der Waals surface area contributed by atoms with Gasteiger partial charge in [0.25, 0.3) is 0 Å². The molecule has 2 aliphatic rings. The fourth-order valence-corrected chi connectivity index (χ4v) is 4.17. The molecule has 8 nitrogen and oxygen atoms in total. The molecule has 0 aromatic carbocycles. The van der Waals surface area contributed by atoms with Crippen molar-refractivity contribution in [2.45, 2.75) is 44.6 Å². The number of H-pyrrole nitrogens is 1. The topological polar surface area (TPSA) is 84.2 Å². The Morgan fingerprint density at radius 3 is 2.92 bits per heavy atom. The summed E-state index contributed by atoms with van der Waals surface area (Å²) in [6, 6.07) is 2.16. The van der Waals surface area contributed by atoms with Crippen molar-refractivity contribution >= 4 is 11.3 Å². The van der Waals surface area contributed by atoms with Gasteiger partial charge in [-0.05, 0) is 36.8 Å². The van der Waals surface area contributed by atoms with Crippen LogP contribution in [-0.4, -0.2) is 49.7 Å². The molecule has 0 bridgehead atoms. The molecule has 1 spiro atoms. The van der Waals surface area contributed by atoms with Crippen molar-refractivity contribution in [1.82, 2.24) is 30.0 Å². The van der Waals surface area contributed by atoms with Gasteiger partial charge in [0.15, 0.2) is 0 Å². The second-order valence-electron chi connectivity index (χ2n) is 7.56. The van der Waals surface area contributed by atoms with Crippen LogP contribution in [0.2, 0.25) is 0 Å². The number of hydrogen-bond donors (Lipinski definition) is 1. The van der Waals surface area contributed by atoms with Crippen LogP contribution in [0.5, 0.6) is 0 Å². The number of anilines is 1. The molecule has 0 atom stereocenters. The Hall–Kier alpha value is -2.48. The van der Waals surface area contributed by atoms with Crippen LogP contribution in [0.25, 0.3) is 5.65 Å². The average Bonchev–Trinajstić information content (AvgIpc) is 3.31. The van der Waals surface area contributed by atoms with E-state index in [0.29, 0.717) is 5.92 Å². The van der Waals surface area contributed by atoms with Gasteiger partial charge < -0.3 is 9.64 Å². The van der Waals surface area contributed by atoms with E-state index in [1.54, 1.807) is 10.8 Å². The van der Waals surface area contributed by atoms with E-state index in [-0.39, 0.29) is 5.60 Å². The first-order valence-electron chi connectivity index (χ1n) is 9.29. The number of rotatable bonds is 2. The minimum atomic E-state index is -0.224. The average molecular weight is 353 g/mol. The highest BCUT2D eigenvalue weighted by Gasteiger charge is 2.42. The molecule has 0 unspecified atom stereocenters. The Morgan fingerprint density at radius 2 is 2.12 bits per heavy atom. The lowest BCUT2D eigenvalue weighted by molar-refractivity contribution is -0.0795. The van der Waals surface area contributed by atoms with E-state index < -0.39 is 0 Å². The molecule has 0 aliphatic carbocycles. The van der Waals surface area contributed by atoms with Crippen LogP contribution in [0.3, 0.4) is 0 Å². The summed E-state index contributed by atoms with van der Waals surface area (Å²) in [5.74, 6) is 0.353. The molecule has 1 saturated heterocycles. The number of aromatic nitrogens is 6. The quantitative estimate of drug-likeness (QED) is 0.759. The third-order valence-corrected chi connectivity index (χ3v) is 5.69. The van der Waals surface area contributed by atoms with E-state index in [1.807, 2.05) is 6.20 Å². The summed E-state index contributed by atoms with van der Waals surface area (Å²) >= 11 is 0. The van der Waals surface area contributed by atoms with E-state index in [9.17, 15) is 0 Å². The van der Waals surface area contributed by atoms with Gasteiger partial charge in [0.05, 0.1) is 29.9 Å². The predicted molar refractivity (Wildman–Crippen MR) is 96.2 cm³/mol. The van der Waals surface area contributed by atoms with Crippen LogP contribution < -0.4 is 4.90 Å². The molecule has 0 amide bonds. The van der Waals surface area contributed by atoms with Crippen LogP contribution in [0.4, 0.5) is 5.69 Å². The zero-order valence-corrected chi connectivity index (χ0v) is 15.1. The Balaban J connectivity index is 1.47. The Morgan fingerprint density at radius 1 is 1.27 bits per heavy atom. The maximum atomic E-state index is 6.27. The predicted octanol–water partition coefficient (Wildman–Crippen LogP) is 2.04. The third-order valence-electron chi connectivity index (χ3n) is 5.69. The molecular formula is C18H23N7O. The summed E-state index contributed by atoms with van der Waals surface area (Å²) in [6.07, 6.45) is 6.43. The van der Waals surface area contributed by atoms with Gasteiger partial charge in [-0.2, -0.15) is 14.7 Å². The van der Waals surface area contributed by atoms with Gasteiger partial charge in [0, 0.05) is 13.1 Å². The van der Waals surface area contributed by atoms with Crippen molar-refractivity contribution in [3.63, 3.8) is 0 Å². The Labute approximate surface area is 151 Å². The van der Waals surface area contributed by atoms with E-state index in [2.05, 4.69) is 50.3 Å². The fraction of sp³-hybridized carbons (Fsp3) is 0.556. The van der Waals surface area contributed by atoms with Gasteiger partial charge in [-0.15, -0.1) is 10.2 Å². The highest BCUT2D eigenvalue weighted by atomic mass is 16.5. The minimum absolute atomic E-state index is 0.224. The lowest BCUT2D eigenvalue weighted by Crippen LogP contribution is -2.47. The van der Waals surface area contributed by atoms with Crippen LogP contribution >= 0.6 is 0 Å². The SMILES string of the molecule is CC(C)c1cc(N2CCC3(CC2)OCCc2cn[nH]c23)c2nncn2n1. The highest BCUT2D eigenvalue weighted by molar-refractivity contribution is 5.68. The van der Waals surface area contributed by atoms with Crippen molar-refractivity contribution in [2.24, 2.45) is 0 Å². The molecule has 5 rings (SSSR count). The number of hydrogen-bond acceptors (Lipinski definition) is 6. The van der Waals surface area contributed by atoms with E-state index >= 15 is 0 Å². The maximum absolute atomic E-state index is 6.27. The molecule has 1 N–H and O–H groups in total. The van der Waals surface area contributed by atoms with Crippen LogP contribution in [0, 0.1) is 0 Å². The summed E-state index contributed by atoms with van der Waals surface area (Å²) in [4.78, 5) is 2.39. The number of piperidine rings is 1. The number of aromatic amines is 1. The standard InChI is InChI=1S/C18H23N7O/c1-12(2)14-9-15(17-22-20-11-25(17)23-14)24-6-4-18(5-7-24)16-13(3-8-26-18)10-19-21-16/h9-12H,3-8H2,1-2H3,(H,19,21). The van der Waals surface area contributed by atoms with E-state index in [1.165, 1.54) is 11.3 Å². The van der Waals surface area contributed by atoms with Gasteiger partial charge in [-0.3, -0.25) is 5.10 Å². The zero-order valence-electron chi connectivity index (χ0n) is 15.1. The molecule has 0 radical (unpaired) electrons. The van der Waals surface area contributed by atoms with Crippen molar-refractivity contribution in [3.05, 3.63) is 35.5 Å². The molecule has 3 aromatic rings. The first kappa shape index (κ1) is 15.7. The molecular weight excluding hydrogens is 330 g/mol. The summed E-state index contributed by atoms with van der Waals surface area (Å²) in [7, 11) is 0. The van der Waals surface area contributed by atoms with Gasteiger partial charge in [0.1, 0.15) is 11.9 Å². The van der Waals surface area contributed by atoms with E-state index in [4.69, 9.17) is 4.74 Å². The largest absolute Gasteiger partial charge is 0.368 e. The summed E-state index contributed by atoms with van der Waals surface area (Å²) in [5.41, 5.74) is 5.23. The third kappa shape index (κ3) is 2.32. The molecule has 5 heterocycles. The lowest BCUT2D eigenvalue weighted by atomic mass is 9.83. The molecule has 3 aromatic heterocycles. The monoisotopic (exact) mass is 353 g/mol. The van der Waals surface area contributed by atoms with Gasteiger partial charge in [-0.25, -0.2) is 0 Å². The van der Waals surface area contributed by atoms with Crippen molar-refractivity contribution < 1.29 is 4.74 Å². The second kappa shape index (κ2) is 5.77. The van der Waals surface area contributed by atoms with Gasteiger partial charge in [-0.1, -0.05) is 13.8 Å². The lowest BCUT2D eigenvalue weighted by Gasteiger charge is -2.44. The van der Waals surface area contributed by atoms with Crippen molar-refractivity contribution in [2.75, 3.05) is 24.6 Å². The molecule has 1 fully saturated rings. The van der Waals surface area contributed by atoms with Crippen molar-refractivity contribution in [1.29, 1.82) is 0 Å². The molecule has 136 valence electrons. The highest BCUT2D eigenvalue weighted by Crippen LogP contribution is 2.41. The molecule has 0 saturated carbocycles.